The van der Waals surface area contributed by atoms with E-state index in [9.17, 15) is 15.0 Å². The van der Waals surface area contributed by atoms with Crippen LogP contribution in [0.2, 0.25) is 0 Å². The maximum absolute atomic E-state index is 11.6. The van der Waals surface area contributed by atoms with Crippen LogP contribution in [0.4, 0.5) is 0 Å². The molecule has 100 valence electrons. The standard InChI is InChI=1S/C14H20O4/c1-2-3-4-5-6-7-18-14(17)11-8-12(15)10-13(16)9-11/h8-10,15-16H,2-7H2,1H3. The maximum Gasteiger partial charge on any atom is 0.338 e. The van der Waals surface area contributed by atoms with Gasteiger partial charge in [-0.3, -0.25) is 0 Å². The molecule has 0 heterocycles. The van der Waals surface area contributed by atoms with Crippen molar-refractivity contribution in [3.63, 3.8) is 0 Å². The first-order valence-corrected chi connectivity index (χ1v) is 6.33. The number of hydrogen-bond acceptors (Lipinski definition) is 4. The molecule has 1 rings (SSSR count). The van der Waals surface area contributed by atoms with E-state index in [1.165, 1.54) is 31.0 Å². The Morgan fingerprint density at radius 1 is 1.06 bits per heavy atom. The fourth-order valence-electron chi connectivity index (χ4n) is 1.67. The molecular weight excluding hydrogens is 232 g/mol. The van der Waals surface area contributed by atoms with Gasteiger partial charge in [0.25, 0.3) is 0 Å². The average molecular weight is 252 g/mol. The number of carbonyl (C=O) groups excluding carboxylic acids is 1. The van der Waals surface area contributed by atoms with E-state index >= 15 is 0 Å². The van der Waals surface area contributed by atoms with Crippen LogP contribution in [0, 0.1) is 0 Å². The highest BCUT2D eigenvalue weighted by molar-refractivity contribution is 5.90. The van der Waals surface area contributed by atoms with Gasteiger partial charge < -0.3 is 14.9 Å². The first-order valence-electron chi connectivity index (χ1n) is 6.33. The number of rotatable bonds is 7. The Bertz CT molecular complexity index is 367. The summed E-state index contributed by atoms with van der Waals surface area (Å²) in [4.78, 5) is 11.6. The number of phenols is 2. The Labute approximate surface area is 107 Å². The third-order valence-electron chi connectivity index (χ3n) is 2.62. The monoisotopic (exact) mass is 252 g/mol. The molecule has 1 aromatic carbocycles. The molecule has 0 fully saturated rings. The van der Waals surface area contributed by atoms with Crippen molar-refractivity contribution < 1.29 is 19.7 Å². The van der Waals surface area contributed by atoms with Gasteiger partial charge in [-0.05, 0) is 18.6 Å². The number of unbranched alkanes of at least 4 members (excludes halogenated alkanes) is 4. The molecule has 2 N–H and O–H groups in total. The Morgan fingerprint density at radius 2 is 1.67 bits per heavy atom. The minimum atomic E-state index is -0.517. The van der Waals surface area contributed by atoms with Crippen molar-refractivity contribution >= 4 is 5.97 Å². The van der Waals surface area contributed by atoms with Gasteiger partial charge in [0.05, 0.1) is 12.2 Å². The second-order valence-corrected chi connectivity index (χ2v) is 4.29. The summed E-state index contributed by atoms with van der Waals surface area (Å²) in [7, 11) is 0. The fraction of sp³-hybridized carbons (Fsp3) is 0.500. The number of phenolic OH excluding ortho intramolecular Hbond substituents is 2. The Hall–Kier alpha value is -1.71. The Morgan fingerprint density at radius 3 is 2.28 bits per heavy atom. The highest BCUT2D eigenvalue weighted by atomic mass is 16.5. The van der Waals surface area contributed by atoms with Crippen molar-refractivity contribution in [3.05, 3.63) is 23.8 Å². The van der Waals surface area contributed by atoms with Crippen molar-refractivity contribution in [1.29, 1.82) is 0 Å². The highest BCUT2D eigenvalue weighted by Gasteiger charge is 2.09. The van der Waals surface area contributed by atoms with Crippen molar-refractivity contribution in [2.24, 2.45) is 0 Å². The molecular formula is C14H20O4. The smallest absolute Gasteiger partial charge is 0.338 e. The molecule has 1 aromatic rings. The van der Waals surface area contributed by atoms with Crippen molar-refractivity contribution in [1.82, 2.24) is 0 Å². The van der Waals surface area contributed by atoms with E-state index in [1.807, 2.05) is 0 Å². The molecule has 0 aliphatic rings. The molecule has 0 aromatic heterocycles. The summed E-state index contributed by atoms with van der Waals surface area (Å²) >= 11 is 0. The first kappa shape index (κ1) is 14.4. The molecule has 0 atom stereocenters. The summed E-state index contributed by atoms with van der Waals surface area (Å²) < 4.78 is 5.06. The van der Waals surface area contributed by atoms with Crippen LogP contribution >= 0.6 is 0 Å². The normalized spacial score (nSPS) is 10.3. The maximum atomic E-state index is 11.6. The SMILES string of the molecule is CCCCCCCOC(=O)c1cc(O)cc(O)c1. The van der Waals surface area contributed by atoms with Gasteiger partial charge in [-0.25, -0.2) is 4.79 Å². The minimum absolute atomic E-state index is 0.148. The van der Waals surface area contributed by atoms with Gasteiger partial charge in [0.2, 0.25) is 0 Å². The van der Waals surface area contributed by atoms with Crippen molar-refractivity contribution in [2.45, 2.75) is 39.0 Å². The Kier molecular flexibility index (Phi) is 6.05. The van der Waals surface area contributed by atoms with Crippen LogP contribution in [0.1, 0.15) is 49.4 Å². The lowest BCUT2D eigenvalue weighted by Crippen LogP contribution is -2.06. The third kappa shape index (κ3) is 5.08. The van der Waals surface area contributed by atoms with E-state index in [-0.39, 0.29) is 17.1 Å². The summed E-state index contributed by atoms with van der Waals surface area (Å²) in [6, 6.07) is 3.72. The lowest BCUT2D eigenvalue weighted by Gasteiger charge is -2.05. The van der Waals surface area contributed by atoms with Crippen LogP contribution in [0.15, 0.2) is 18.2 Å². The number of esters is 1. The summed E-state index contributed by atoms with van der Waals surface area (Å²) in [5, 5.41) is 18.5. The van der Waals surface area contributed by atoms with Gasteiger partial charge >= 0.3 is 5.97 Å². The minimum Gasteiger partial charge on any atom is -0.508 e. The van der Waals surface area contributed by atoms with Crippen LogP contribution in [0.3, 0.4) is 0 Å². The van der Waals surface area contributed by atoms with Crippen LogP contribution in [-0.4, -0.2) is 22.8 Å². The van der Waals surface area contributed by atoms with Crippen LogP contribution in [0.5, 0.6) is 11.5 Å². The molecule has 0 amide bonds. The lowest BCUT2D eigenvalue weighted by molar-refractivity contribution is 0.0496. The molecule has 0 radical (unpaired) electrons. The zero-order chi connectivity index (χ0) is 13.4. The molecule has 18 heavy (non-hydrogen) atoms. The first-order chi connectivity index (χ1) is 8.63. The summed E-state index contributed by atoms with van der Waals surface area (Å²) in [6.07, 6.45) is 5.43. The highest BCUT2D eigenvalue weighted by Crippen LogP contribution is 2.20. The van der Waals surface area contributed by atoms with E-state index in [4.69, 9.17) is 4.74 Å². The number of hydrogen-bond donors (Lipinski definition) is 2. The quantitative estimate of drug-likeness (QED) is 0.577. The molecule has 0 bridgehead atoms. The number of carbonyl (C=O) groups is 1. The fourth-order valence-corrected chi connectivity index (χ4v) is 1.67. The van der Waals surface area contributed by atoms with Gasteiger partial charge in [-0.2, -0.15) is 0 Å². The van der Waals surface area contributed by atoms with Gasteiger partial charge in [0, 0.05) is 6.07 Å². The zero-order valence-corrected chi connectivity index (χ0v) is 10.7. The van der Waals surface area contributed by atoms with E-state index in [0.717, 1.165) is 19.3 Å². The molecule has 0 unspecified atom stereocenters. The van der Waals surface area contributed by atoms with E-state index in [2.05, 4.69) is 6.92 Å². The van der Waals surface area contributed by atoms with Crippen LogP contribution in [-0.2, 0) is 4.74 Å². The summed E-state index contributed by atoms with van der Waals surface area (Å²) in [5.41, 5.74) is 0.168. The molecule has 0 spiro atoms. The van der Waals surface area contributed by atoms with E-state index < -0.39 is 5.97 Å². The van der Waals surface area contributed by atoms with Crippen LogP contribution < -0.4 is 0 Å². The third-order valence-corrected chi connectivity index (χ3v) is 2.62. The summed E-state index contributed by atoms with van der Waals surface area (Å²) in [5.74, 6) is -0.813. The number of aromatic hydroxyl groups is 2. The van der Waals surface area contributed by atoms with Crippen molar-refractivity contribution in [2.75, 3.05) is 6.61 Å². The molecule has 0 aliphatic carbocycles. The molecule has 0 saturated heterocycles. The second-order valence-electron chi connectivity index (χ2n) is 4.29. The van der Waals surface area contributed by atoms with Gasteiger partial charge in [-0.15, -0.1) is 0 Å². The summed E-state index contributed by atoms with van der Waals surface area (Å²) in [6.45, 7) is 2.52. The zero-order valence-electron chi connectivity index (χ0n) is 10.7. The largest absolute Gasteiger partial charge is 0.508 e. The van der Waals surface area contributed by atoms with Crippen molar-refractivity contribution in [3.8, 4) is 11.5 Å². The van der Waals surface area contributed by atoms with E-state index in [1.54, 1.807) is 0 Å². The van der Waals surface area contributed by atoms with E-state index in [0.29, 0.717) is 6.61 Å². The average Bonchev–Trinajstić information content (AvgIpc) is 2.32. The predicted molar refractivity (Wildman–Crippen MR) is 68.8 cm³/mol. The number of ether oxygens (including phenoxy) is 1. The number of benzene rings is 1. The van der Waals surface area contributed by atoms with Gasteiger partial charge in [0.15, 0.2) is 0 Å². The van der Waals surface area contributed by atoms with Gasteiger partial charge in [-0.1, -0.05) is 32.6 Å². The van der Waals surface area contributed by atoms with Crippen LogP contribution in [0.25, 0.3) is 0 Å². The molecule has 4 nitrogen and oxygen atoms in total. The second kappa shape index (κ2) is 7.58. The van der Waals surface area contributed by atoms with Gasteiger partial charge in [0.1, 0.15) is 11.5 Å². The predicted octanol–water partition coefficient (Wildman–Crippen LogP) is 3.23. The molecule has 0 aliphatic heterocycles. The Balaban J connectivity index is 2.32. The molecule has 4 heteroatoms. The lowest BCUT2D eigenvalue weighted by atomic mass is 10.2. The molecule has 0 saturated carbocycles. The topological polar surface area (TPSA) is 66.8 Å².